The smallest absolute Gasteiger partial charge is 0.175 e. The van der Waals surface area contributed by atoms with Crippen molar-refractivity contribution in [2.24, 2.45) is 17.8 Å². The Bertz CT molecular complexity index is 735. The maximum absolute atomic E-state index is 13.4. The summed E-state index contributed by atoms with van der Waals surface area (Å²) in [7, 11) is 4.30. The molecule has 0 aromatic rings. The number of Topliss-reactive ketones (excluding diaryl/α,β-unsaturated/α-hetero) is 4. The normalized spacial score (nSPS) is 24.1. The second kappa shape index (κ2) is 16.9. The Balaban J connectivity index is 2.92. The van der Waals surface area contributed by atoms with Crippen LogP contribution in [0.15, 0.2) is 0 Å². The number of nitrogens with one attached hydrogen (secondary N) is 2. The summed E-state index contributed by atoms with van der Waals surface area (Å²) in [5.41, 5.74) is 0. The molecule has 208 valence electrons. The van der Waals surface area contributed by atoms with Crippen molar-refractivity contribution in [1.82, 2.24) is 10.6 Å². The van der Waals surface area contributed by atoms with E-state index in [1.165, 1.54) is 28.5 Å². The molecule has 1 heterocycles. The fourth-order valence-corrected chi connectivity index (χ4v) is 7.33. The highest BCUT2D eigenvalue weighted by Gasteiger charge is 2.40. The van der Waals surface area contributed by atoms with Crippen molar-refractivity contribution < 1.29 is 34.5 Å². The molecule has 0 saturated carbocycles. The standard InChI is InChI=1S/C25H44N2O7S2/c1-14(2)23(32)25(34)22-10-17(24(33)21(35-36-22)11-18(13-28)15(3)29)6-7-19(31)12-27-20(16(4)30)8-9-26-5/h14-15,17-18,20-23,26-29,32H,6-13H2,1-5H3/t15?,17-,18-,20+,21?,22?,23+/m1/s1. The van der Waals surface area contributed by atoms with Gasteiger partial charge in [0.1, 0.15) is 23.5 Å². The van der Waals surface area contributed by atoms with E-state index in [0.717, 1.165) is 0 Å². The summed E-state index contributed by atoms with van der Waals surface area (Å²) in [6, 6.07) is -0.423. The van der Waals surface area contributed by atoms with Crippen molar-refractivity contribution in [3.63, 3.8) is 0 Å². The molecule has 0 bridgehead atoms. The molecular weight excluding hydrogens is 504 g/mol. The highest BCUT2D eigenvalue weighted by molar-refractivity contribution is 8.77. The van der Waals surface area contributed by atoms with Gasteiger partial charge in [-0.05, 0) is 59.0 Å². The van der Waals surface area contributed by atoms with Gasteiger partial charge in [-0.25, -0.2) is 0 Å². The molecule has 0 aromatic carbocycles. The number of hydrogen-bond donors (Lipinski definition) is 5. The Labute approximate surface area is 222 Å². The fraction of sp³-hybridized carbons (Fsp3) is 0.840. The lowest BCUT2D eigenvalue weighted by Crippen LogP contribution is -2.40. The number of carbonyl (C=O) groups excluding carboxylic acids is 4. The molecule has 0 aromatic heterocycles. The molecule has 1 rings (SSSR count). The van der Waals surface area contributed by atoms with E-state index in [0.29, 0.717) is 13.0 Å². The summed E-state index contributed by atoms with van der Waals surface area (Å²) >= 11 is 0. The van der Waals surface area contributed by atoms with Crippen LogP contribution in [-0.2, 0) is 19.2 Å². The SMILES string of the molecule is CNCC[C@H](NCC(=O)CC[C@@H]1CC(C(=O)[C@@H](O)C(C)C)SSC(C[C@H](CO)C(C)O)C1=O)C(C)=O. The van der Waals surface area contributed by atoms with Crippen molar-refractivity contribution in [1.29, 1.82) is 0 Å². The highest BCUT2D eigenvalue weighted by atomic mass is 33.1. The van der Waals surface area contributed by atoms with E-state index in [1.807, 2.05) is 0 Å². The van der Waals surface area contributed by atoms with Gasteiger partial charge < -0.3 is 26.0 Å². The molecule has 0 amide bonds. The summed E-state index contributed by atoms with van der Waals surface area (Å²) in [5, 5.41) is 34.8. The van der Waals surface area contributed by atoms with Crippen LogP contribution in [0.3, 0.4) is 0 Å². The average Bonchev–Trinajstić information content (AvgIpc) is 2.98. The third-order valence-electron chi connectivity index (χ3n) is 6.67. The molecule has 1 aliphatic rings. The largest absolute Gasteiger partial charge is 0.396 e. The van der Waals surface area contributed by atoms with Crippen LogP contribution < -0.4 is 10.6 Å². The van der Waals surface area contributed by atoms with E-state index in [2.05, 4.69) is 10.6 Å². The Morgan fingerprint density at radius 1 is 1.14 bits per heavy atom. The zero-order valence-electron chi connectivity index (χ0n) is 22.1. The van der Waals surface area contributed by atoms with Crippen LogP contribution in [0, 0.1) is 17.8 Å². The minimum atomic E-state index is -1.13. The molecule has 1 saturated heterocycles. The van der Waals surface area contributed by atoms with E-state index in [-0.39, 0.29) is 67.9 Å². The number of rotatable bonds is 17. The van der Waals surface area contributed by atoms with Gasteiger partial charge in [0.2, 0.25) is 0 Å². The molecule has 11 heteroatoms. The molecule has 7 atom stereocenters. The monoisotopic (exact) mass is 548 g/mol. The van der Waals surface area contributed by atoms with Crippen molar-refractivity contribution >= 4 is 44.7 Å². The molecule has 36 heavy (non-hydrogen) atoms. The van der Waals surface area contributed by atoms with Crippen LogP contribution in [0.25, 0.3) is 0 Å². The Kier molecular flexibility index (Phi) is 15.6. The van der Waals surface area contributed by atoms with Crippen LogP contribution in [-0.4, -0.2) is 93.9 Å². The summed E-state index contributed by atoms with van der Waals surface area (Å²) in [6.07, 6.45) is -0.491. The first kappa shape index (κ1) is 33.2. The number of ketones is 4. The summed E-state index contributed by atoms with van der Waals surface area (Å²) in [6.45, 7) is 6.96. The topological polar surface area (TPSA) is 153 Å². The quantitative estimate of drug-likeness (QED) is 0.166. The zero-order valence-corrected chi connectivity index (χ0v) is 23.7. The minimum absolute atomic E-state index is 0.0187. The maximum atomic E-state index is 13.4. The predicted octanol–water partition coefficient (Wildman–Crippen LogP) is 1.17. The summed E-state index contributed by atoms with van der Waals surface area (Å²) in [4.78, 5) is 50.8. The predicted molar refractivity (Wildman–Crippen MR) is 144 cm³/mol. The average molecular weight is 549 g/mol. The molecule has 1 aliphatic heterocycles. The lowest BCUT2D eigenvalue weighted by molar-refractivity contribution is -0.129. The molecule has 0 spiro atoms. The second-order valence-electron chi connectivity index (χ2n) is 10.0. The van der Waals surface area contributed by atoms with Crippen LogP contribution in [0.2, 0.25) is 0 Å². The third-order valence-corrected chi connectivity index (χ3v) is 9.82. The van der Waals surface area contributed by atoms with E-state index in [4.69, 9.17) is 0 Å². The summed E-state index contributed by atoms with van der Waals surface area (Å²) < 4.78 is 0. The third kappa shape index (κ3) is 10.9. The van der Waals surface area contributed by atoms with Crippen LogP contribution >= 0.6 is 21.6 Å². The molecule has 0 radical (unpaired) electrons. The van der Waals surface area contributed by atoms with Crippen molar-refractivity contribution in [2.75, 3.05) is 26.7 Å². The van der Waals surface area contributed by atoms with Gasteiger partial charge in [-0.3, -0.25) is 19.2 Å². The Morgan fingerprint density at radius 3 is 2.33 bits per heavy atom. The first-order valence-electron chi connectivity index (χ1n) is 12.7. The number of aliphatic hydroxyl groups is 3. The molecule has 0 aliphatic carbocycles. The molecular formula is C25H44N2O7S2. The Morgan fingerprint density at radius 2 is 1.81 bits per heavy atom. The van der Waals surface area contributed by atoms with Gasteiger partial charge in [0.15, 0.2) is 5.78 Å². The van der Waals surface area contributed by atoms with Gasteiger partial charge in [0.25, 0.3) is 0 Å². The zero-order chi connectivity index (χ0) is 27.4. The van der Waals surface area contributed by atoms with Gasteiger partial charge in [0.05, 0.1) is 29.2 Å². The van der Waals surface area contributed by atoms with E-state index in [9.17, 15) is 34.5 Å². The van der Waals surface area contributed by atoms with Gasteiger partial charge in [0, 0.05) is 24.9 Å². The van der Waals surface area contributed by atoms with Gasteiger partial charge in [-0.1, -0.05) is 35.4 Å². The van der Waals surface area contributed by atoms with Crippen LogP contribution in [0.4, 0.5) is 0 Å². The molecule has 3 unspecified atom stereocenters. The number of hydrogen-bond acceptors (Lipinski definition) is 11. The lowest BCUT2D eigenvalue weighted by Gasteiger charge is -2.23. The van der Waals surface area contributed by atoms with E-state index in [1.54, 1.807) is 27.8 Å². The molecule has 5 N–H and O–H groups in total. The Hall–Kier alpha value is -0.820. The first-order valence-corrected chi connectivity index (χ1v) is 15.0. The lowest BCUT2D eigenvalue weighted by atomic mass is 9.85. The van der Waals surface area contributed by atoms with Gasteiger partial charge in [-0.2, -0.15) is 0 Å². The fourth-order valence-electron chi connectivity index (χ4n) is 4.05. The van der Waals surface area contributed by atoms with Crippen molar-refractivity contribution in [2.45, 2.75) is 88.5 Å². The van der Waals surface area contributed by atoms with Crippen LogP contribution in [0.5, 0.6) is 0 Å². The maximum Gasteiger partial charge on any atom is 0.175 e. The number of aliphatic hydroxyl groups excluding tert-OH is 3. The van der Waals surface area contributed by atoms with Gasteiger partial charge >= 0.3 is 0 Å². The molecule has 1 fully saturated rings. The van der Waals surface area contributed by atoms with E-state index < -0.39 is 40.6 Å². The minimum Gasteiger partial charge on any atom is -0.396 e. The first-order chi connectivity index (χ1) is 16.9. The highest BCUT2D eigenvalue weighted by Crippen LogP contribution is 2.44. The van der Waals surface area contributed by atoms with Crippen molar-refractivity contribution in [3.8, 4) is 0 Å². The van der Waals surface area contributed by atoms with E-state index >= 15 is 0 Å². The van der Waals surface area contributed by atoms with Crippen LogP contribution in [0.1, 0.15) is 59.8 Å². The van der Waals surface area contributed by atoms with Crippen molar-refractivity contribution in [3.05, 3.63) is 0 Å². The molecule has 9 nitrogen and oxygen atoms in total. The second-order valence-corrected chi connectivity index (χ2v) is 12.7. The van der Waals surface area contributed by atoms with Gasteiger partial charge in [-0.15, -0.1) is 0 Å². The summed E-state index contributed by atoms with van der Waals surface area (Å²) in [5.74, 6) is -1.88. The number of carbonyl (C=O) groups is 4.